The Morgan fingerprint density at radius 1 is 1.00 bits per heavy atom. The van der Waals surface area contributed by atoms with Crippen molar-refractivity contribution in [3.8, 4) is 5.75 Å². The van der Waals surface area contributed by atoms with Gasteiger partial charge in [0.05, 0.1) is 11.8 Å². The molecule has 5 rings (SSSR count). The summed E-state index contributed by atoms with van der Waals surface area (Å²) in [6.45, 7) is 0. The van der Waals surface area contributed by atoms with Crippen LogP contribution in [0.25, 0.3) is 0 Å². The van der Waals surface area contributed by atoms with Gasteiger partial charge in [-0.15, -0.1) is 0 Å². The molecule has 0 heterocycles. The molecule has 4 saturated carbocycles. The first-order valence-corrected chi connectivity index (χ1v) is 10.1. The van der Waals surface area contributed by atoms with Crippen LogP contribution in [0.4, 0.5) is 4.39 Å². The van der Waals surface area contributed by atoms with Crippen LogP contribution in [0.15, 0.2) is 24.3 Å². The third-order valence-electron chi connectivity index (χ3n) is 6.58. The summed E-state index contributed by atoms with van der Waals surface area (Å²) in [6.07, 6.45) is 3.11. The molecule has 0 saturated heterocycles. The van der Waals surface area contributed by atoms with Crippen molar-refractivity contribution in [3.05, 3.63) is 30.1 Å². The van der Waals surface area contributed by atoms with E-state index in [9.17, 15) is 28.7 Å². The molecule has 1 aromatic carbocycles. The first kappa shape index (κ1) is 20.5. The molecule has 2 unspecified atom stereocenters. The Balaban J connectivity index is 1.46. The number of Topliss-reactive ketones (excluding diaryl/α,β-unsaturated/α-hetero) is 1. The van der Waals surface area contributed by atoms with Crippen LogP contribution in [0.5, 0.6) is 5.75 Å². The molecule has 30 heavy (non-hydrogen) atoms. The fraction of sp³-hybridized carbons (Fsp3) is 0.545. The molecule has 0 radical (unpaired) electrons. The van der Waals surface area contributed by atoms with Crippen LogP contribution in [0, 0.1) is 23.1 Å². The normalized spacial score (nSPS) is 31.2. The van der Waals surface area contributed by atoms with Gasteiger partial charge in [0.1, 0.15) is 23.1 Å². The summed E-state index contributed by atoms with van der Waals surface area (Å²) >= 11 is 0. The van der Waals surface area contributed by atoms with Crippen LogP contribution in [0.1, 0.15) is 51.4 Å². The Morgan fingerprint density at radius 2 is 1.63 bits per heavy atom. The zero-order valence-electron chi connectivity index (χ0n) is 16.4. The van der Waals surface area contributed by atoms with Crippen LogP contribution >= 0.6 is 0 Å². The second-order valence-electron chi connectivity index (χ2n) is 8.95. The Labute approximate surface area is 172 Å². The van der Waals surface area contributed by atoms with Crippen LogP contribution in [0.2, 0.25) is 0 Å². The second kappa shape index (κ2) is 7.49. The third kappa shape index (κ3) is 3.95. The number of halogens is 1. The van der Waals surface area contributed by atoms with Crippen molar-refractivity contribution in [2.24, 2.45) is 17.3 Å². The first-order valence-electron chi connectivity index (χ1n) is 10.1. The maximum Gasteiger partial charge on any atom is 0.317 e. The molecule has 160 valence electrons. The fourth-order valence-corrected chi connectivity index (χ4v) is 5.86. The summed E-state index contributed by atoms with van der Waals surface area (Å²) in [5.74, 6) is -3.70. The lowest BCUT2D eigenvalue weighted by Crippen LogP contribution is -2.60. The minimum absolute atomic E-state index is 0.227. The average molecular weight is 417 g/mol. The Kier molecular flexibility index (Phi) is 5.11. The summed E-state index contributed by atoms with van der Waals surface area (Å²) in [5.41, 5.74) is -1.56. The highest BCUT2D eigenvalue weighted by atomic mass is 19.1. The van der Waals surface area contributed by atoms with Crippen molar-refractivity contribution in [2.45, 2.75) is 57.0 Å². The smallest absolute Gasteiger partial charge is 0.317 e. The third-order valence-corrected chi connectivity index (χ3v) is 6.58. The van der Waals surface area contributed by atoms with E-state index in [1.54, 1.807) is 0 Å². The number of esters is 2. The van der Waals surface area contributed by atoms with Gasteiger partial charge in [-0.2, -0.15) is 0 Å². The summed E-state index contributed by atoms with van der Waals surface area (Å²) < 4.78 is 24.4. The van der Waals surface area contributed by atoms with Gasteiger partial charge >= 0.3 is 11.9 Å². The summed E-state index contributed by atoms with van der Waals surface area (Å²) in [7, 11) is 0. The molecular formula is C22H22FO7-. The summed E-state index contributed by atoms with van der Waals surface area (Å²) in [4.78, 5) is 47.1. The fourth-order valence-electron chi connectivity index (χ4n) is 5.86. The summed E-state index contributed by atoms with van der Waals surface area (Å²) in [6, 6.07) is 5.24. The van der Waals surface area contributed by atoms with Gasteiger partial charge in [0.15, 0.2) is 5.78 Å². The van der Waals surface area contributed by atoms with Crippen LogP contribution in [-0.4, -0.2) is 29.3 Å². The van der Waals surface area contributed by atoms with Crippen molar-refractivity contribution in [2.75, 3.05) is 0 Å². The number of carboxylic acids is 1. The van der Waals surface area contributed by atoms with Crippen molar-refractivity contribution < 1.29 is 38.1 Å². The molecule has 1 aromatic rings. The minimum atomic E-state index is -1.82. The number of carboxylic acid groups (broad SMARTS) is 1. The van der Waals surface area contributed by atoms with Gasteiger partial charge in [0.2, 0.25) is 0 Å². The van der Waals surface area contributed by atoms with Gasteiger partial charge in [0.25, 0.3) is 0 Å². The predicted octanol–water partition coefficient (Wildman–Crippen LogP) is 1.71. The predicted molar refractivity (Wildman–Crippen MR) is 97.2 cm³/mol. The molecule has 4 bridgehead atoms. The van der Waals surface area contributed by atoms with Gasteiger partial charge in [0, 0.05) is 12.8 Å². The molecule has 0 spiro atoms. The number of benzene rings is 1. The minimum Gasteiger partial charge on any atom is -0.542 e. The largest absolute Gasteiger partial charge is 0.542 e. The Bertz CT molecular complexity index is 877. The lowest BCUT2D eigenvalue weighted by Gasteiger charge is -2.59. The number of carbonyl (C=O) groups excluding carboxylic acids is 4. The van der Waals surface area contributed by atoms with Crippen molar-refractivity contribution >= 4 is 23.7 Å². The standard InChI is InChI=1S/C22H23FO7/c23-15-1-3-16(4-2-15)29-20(28)21-8-13-7-14(9-21)11-22(10-13,12-21)30-18(25)6-5-17(24)19(26)27/h1-4,13-14H,5-12H2,(H,26,27)/p-1. The second-order valence-corrected chi connectivity index (χ2v) is 8.95. The maximum absolute atomic E-state index is 13.1. The highest BCUT2D eigenvalue weighted by Gasteiger charge is 2.63. The zero-order valence-corrected chi connectivity index (χ0v) is 16.4. The van der Waals surface area contributed by atoms with Crippen molar-refractivity contribution in [3.63, 3.8) is 0 Å². The lowest BCUT2D eigenvalue weighted by molar-refractivity contribution is -0.300. The van der Waals surface area contributed by atoms with E-state index in [0.29, 0.717) is 32.1 Å². The van der Waals surface area contributed by atoms with Gasteiger partial charge in [-0.25, -0.2) is 4.39 Å². The van der Waals surface area contributed by atoms with Crippen LogP contribution < -0.4 is 9.84 Å². The van der Waals surface area contributed by atoms with Gasteiger partial charge in [-0.05, 0) is 68.2 Å². The number of aliphatic carboxylic acids is 1. The molecule has 0 amide bonds. The zero-order chi connectivity index (χ0) is 21.5. The van der Waals surface area contributed by atoms with Crippen LogP contribution in [-0.2, 0) is 23.9 Å². The molecule has 0 aromatic heterocycles. The molecule has 4 aliphatic rings. The number of ether oxygens (including phenoxy) is 2. The molecule has 8 heteroatoms. The number of carbonyl (C=O) groups is 4. The van der Waals surface area contributed by atoms with Gasteiger partial charge in [-0.3, -0.25) is 14.4 Å². The lowest BCUT2D eigenvalue weighted by atomic mass is 9.48. The topological polar surface area (TPSA) is 110 Å². The van der Waals surface area contributed by atoms with E-state index >= 15 is 0 Å². The van der Waals surface area contributed by atoms with E-state index in [1.165, 1.54) is 24.3 Å². The maximum atomic E-state index is 13.1. The number of ketones is 1. The molecule has 0 N–H and O–H groups in total. The van der Waals surface area contributed by atoms with E-state index in [-0.39, 0.29) is 24.0 Å². The molecule has 4 aliphatic carbocycles. The SMILES string of the molecule is O=C(CCC(=O)C(=O)[O-])OC12CC3CC(C1)CC(C(=O)Oc1ccc(F)cc1)(C3)C2. The summed E-state index contributed by atoms with van der Waals surface area (Å²) in [5, 5.41) is 10.5. The van der Waals surface area contributed by atoms with Gasteiger partial charge in [-0.1, -0.05) is 0 Å². The average Bonchev–Trinajstić information content (AvgIpc) is 2.66. The van der Waals surface area contributed by atoms with E-state index < -0.39 is 46.9 Å². The molecule has 4 fully saturated rings. The van der Waals surface area contributed by atoms with Gasteiger partial charge < -0.3 is 19.4 Å². The molecular weight excluding hydrogens is 395 g/mol. The monoisotopic (exact) mass is 417 g/mol. The van der Waals surface area contributed by atoms with E-state index in [0.717, 1.165) is 6.42 Å². The highest BCUT2D eigenvalue weighted by molar-refractivity contribution is 6.31. The highest BCUT2D eigenvalue weighted by Crippen LogP contribution is 2.63. The Hall–Kier alpha value is -2.77. The van der Waals surface area contributed by atoms with E-state index in [4.69, 9.17) is 9.47 Å². The molecule has 0 aliphatic heterocycles. The molecule has 7 nitrogen and oxygen atoms in total. The van der Waals surface area contributed by atoms with E-state index in [1.807, 2.05) is 0 Å². The number of hydrogen-bond acceptors (Lipinski definition) is 7. The van der Waals surface area contributed by atoms with E-state index in [2.05, 4.69) is 0 Å². The quantitative estimate of drug-likeness (QED) is 0.377. The number of hydrogen-bond donors (Lipinski definition) is 0. The molecule has 2 atom stereocenters. The van der Waals surface area contributed by atoms with Crippen molar-refractivity contribution in [1.29, 1.82) is 0 Å². The van der Waals surface area contributed by atoms with Crippen LogP contribution in [0.3, 0.4) is 0 Å². The first-order chi connectivity index (χ1) is 14.2. The number of rotatable bonds is 7. The van der Waals surface area contributed by atoms with Crippen molar-refractivity contribution in [1.82, 2.24) is 0 Å². The Morgan fingerprint density at radius 3 is 2.23 bits per heavy atom.